The number of hydrogen-bond acceptors (Lipinski definition) is 3. The maximum absolute atomic E-state index is 12.1. The van der Waals surface area contributed by atoms with Gasteiger partial charge < -0.3 is 4.90 Å². The Hall–Kier alpha value is -0.820. The summed E-state index contributed by atoms with van der Waals surface area (Å²) in [6.45, 7) is 2.46. The molecule has 21 heavy (non-hydrogen) atoms. The fraction of sp³-hybridized carbons (Fsp3) is 0.462. The summed E-state index contributed by atoms with van der Waals surface area (Å²) in [4.78, 5) is 13.7. The number of sulfonamides is 1. The second kappa shape index (κ2) is 7.45. The summed E-state index contributed by atoms with van der Waals surface area (Å²) in [5.74, 6) is -0.267. The molecule has 0 spiro atoms. The Morgan fingerprint density at radius 3 is 2.33 bits per heavy atom. The van der Waals surface area contributed by atoms with Crippen molar-refractivity contribution in [2.45, 2.75) is 13.5 Å². The van der Waals surface area contributed by atoms with Gasteiger partial charge in [-0.1, -0.05) is 29.3 Å². The number of benzene rings is 1. The van der Waals surface area contributed by atoms with Crippen LogP contribution in [-0.4, -0.2) is 49.9 Å². The molecule has 0 N–H and O–H groups in total. The molecule has 0 bridgehead atoms. The SMILES string of the molecule is CCN(Cc1ccc(Cl)c(Cl)c1)C(=O)CN(C)S(C)(=O)=O. The number of carbonyl (C=O) groups is 1. The molecule has 0 heterocycles. The number of hydrogen-bond donors (Lipinski definition) is 0. The minimum Gasteiger partial charge on any atom is -0.338 e. The van der Waals surface area contributed by atoms with Gasteiger partial charge in [-0.25, -0.2) is 8.42 Å². The monoisotopic (exact) mass is 352 g/mol. The largest absolute Gasteiger partial charge is 0.338 e. The maximum atomic E-state index is 12.1. The lowest BCUT2D eigenvalue weighted by molar-refractivity contribution is -0.131. The minimum absolute atomic E-state index is 0.187. The Morgan fingerprint density at radius 1 is 1.24 bits per heavy atom. The van der Waals surface area contributed by atoms with Crippen molar-refractivity contribution >= 4 is 39.1 Å². The van der Waals surface area contributed by atoms with E-state index in [0.717, 1.165) is 16.1 Å². The van der Waals surface area contributed by atoms with Crippen LogP contribution in [-0.2, 0) is 21.4 Å². The van der Waals surface area contributed by atoms with Gasteiger partial charge in [-0.05, 0) is 24.6 Å². The molecule has 1 aromatic rings. The van der Waals surface area contributed by atoms with E-state index in [2.05, 4.69) is 0 Å². The number of rotatable bonds is 6. The van der Waals surface area contributed by atoms with Crippen LogP contribution in [0.5, 0.6) is 0 Å². The normalized spacial score (nSPS) is 11.7. The highest BCUT2D eigenvalue weighted by Gasteiger charge is 2.19. The van der Waals surface area contributed by atoms with Crippen LogP contribution >= 0.6 is 23.2 Å². The third-order valence-corrected chi connectivity index (χ3v) is 5.02. The summed E-state index contributed by atoms with van der Waals surface area (Å²) in [5, 5.41) is 0.873. The molecule has 5 nitrogen and oxygen atoms in total. The zero-order chi connectivity index (χ0) is 16.2. The van der Waals surface area contributed by atoms with Crippen molar-refractivity contribution in [1.29, 1.82) is 0 Å². The van der Waals surface area contributed by atoms with Crippen molar-refractivity contribution in [3.63, 3.8) is 0 Å². The molecule has 0 aromatic heterocycles. The summed E-state index contributed by atoms with van der Waals surface area (Å²) in [6, 6.07) is 5.14. The average Bonchev–Trinajstić information content (AvgIpc) is 2.38. The Balaban J connectivity index is 2.78. The van der Waals surface area contributed by atoms with Gasteiger partial charge in [0, 0.05) is 20.1 Å². The number of nitrogens with zero attached hydrogens (tertiary/aromatic N) is 2. The van der Waals surface area contributed by atoms with Gasteiger partial charge in [-0.3, -0.25) is 4.79 Å². The molecule has 0 atom stereocenters. The van der Waals surface area contributed by atoms with Gasteiger partial charge in [0.2, 0.25) is 15.9 Å². The first kappa shape index (κ1) is 18.2. The van der Waals surface area contributed by atoms with E-state index in [9.17, 15) is 13.2 Å². The van der Waals surface area contributed by atoms with E-state index in [4.69, 9.17) is 23.2 Å². The average molecular weight is 353 g/mol. The lowest BCUT2D eigenvalue weighted by Crippen LogP contribution is -2.40. The topological polar surface area (TPSA) is 57.7 Å². The first-order valence-corrected chi connectivity index (χ1v) is 8.88. The van der Waals surface area contributed by atoms with Crippen molar-refractivity contribution in [1.82, 2.24) is 9.21 Å². The van der Waals surface area contributed by atoms with Crippen LogP contribution in [0.2, 0.25) is 10.0 Å². The highest BCUT2D eigenvalue weighted by molar-refractivity contribution is 7.88. The molecule has 0 saturated carbocycles. The van der Waals surface area contributed by atoms with E-state index in [1.807, 2.05) is 6.92 Å². The van der Waals surface area contributed by atoms with E-state index in [1.165, 1.54) is 7.05 Å². The summed E-state index contributed by atoms with van der Waals surface area (Å²) in [7, 11) is -2.00. The van der Waals surface area contributed by atoms with Gasteiger partial charge >= 0.3 is 0 Å². The molecule has 8 heteroatoms. The predicted octanol–water partition coefficient (Wildman–Crippen LogP) is 2.23. The van der Waals surface area contributed by atoms with Crippen LogP contribution in [0.25, 0.3) is 0 Å². The van der Waals surface area contributed by atoms with Crippen LogP contribution in [0.1, 0.15) is 12.5 Å². The lowest BCUT2D eigenvalue weighted by Gasteiger charge is -2.23. The quantitative estimate of drug-likeness (QED) is 0.788. The van der Waals surface area contributed by atoms with Crippen LogP contribution in [0.4, 0.5) is 0 Å². The zero-order valence-electron chi connectivity index (χ0n) is 12.1. The highest BCUT2D eigenvalue weighted by Crippen LogP contribution is 2.23. The number of likely N-dealkylation sites (N-methyl/N-ethyl adjacent to an activating group) is 2. The van der Waals surface area contributed by atoms with Crippen LogP contribution < -0.4 is 0 Å². The molecule has 0 unspecified atom stereocenters. The molecule has 1 amide bonds. The summed E-state index contributed by atoms with van der Waals surface area (Å²) >= 11 is 11.8. The Morgan fingerprint density at radius 2 is 1.86 bits per heavy atom. The second-order valence-corrected chi connectivity index (χ2v) is 7.58. The van der Waals surface area contributed by atoms with Gasteiger partial charge in [-0.15, -0.1) is 0 Å². The fourth-order valence-electron chi connectivity index (χ4n) is 1.64. The minimum atomic E-state index is -3.38. The molecule has 0 radical (unpaired) electrons. The Labute approximate surface area is 135 Å². The molecule has 0 saturated heterocycles. The van der Waals surface area contributed by atoms with Gasteiger partial charge in [0.25, 0.3) is 0 Å². The van der Waals surface area contributed by atoms with E-state index in [1.54, 1.807) is 23.1 Å². The first-order valence-electron chi connectivity index (χ1n) is 6.28. The van der Waals surface area contributed by atoms with Crippen LogP contribution in [0.15, 0.2) is 18.2 Å². The van der Waals surface area contributed by atoms with Crippen molar-refractivity contribution in [3.05, 3.63) is 33.8 Å². The zero-order valence-corrected chi connectivity index (χ0v) is 14.5. The van der Waals surface area contributed by atoms with Crippen LogP contribution in [0.3, 0.4) is 0 Å². The van der Waals surface area contributed by atoms with Crippen molar-refractivity contribution in [2.75, 3.05) is 26.4 Å². The van der Waals surface area contributed by atoms with E-state index < -0.39 is 10.0 Å². The third-order valence-electron chi connectivity index (χ3n) is 3.02. The third kappa shape index (κ3) is 5.47. The smallest absolute Gasteiger partial charge is 0.238 e. The van der Waals surface area contributed by atoms with Crippen molar-refractivity contribution in [2.24, 2.45) is 0 Å². The van der Waals surface area contributed by atoms with Crippen molar-refractivity contribution < 1.29 is 13.2 Å². The fourth-order valence-corrected chi connectivity index (χ4v) is 2.31. The molecule has 0 fully saturated rings. The molecule has 1 aromatic carbocycles. The lowest BCUT2D eigenvalue weighted by atomic mass is 10.2. The Bertz CT molecular complexity index is 620. The standard InChI is InChI=1S/C13H18Cl2N2O3S/c1-4-17(13(18)9-16(2)21(3,19)20)8-10-5-6-11(14)12(15)7-10/h5-7H,4,8-9H2,1-3H3. The van der Waals surface area contributed by atoms with E-state index in [0.29, 0.717) is 23.1 Å². The highest BCUT2D eigenvalue weighted by atomic mass is 35.5. The molecule has 0 aliphatic carbocycles. The molecule has 118 valence electrons. The van der Waals surface area contributed by atoms with Gasteiger partial charge in [0.1, 0.15) is 0 Å². The van der Waals surface area contributed by atoms with E-state index in [-0.39, 0.29) is 12.5 Å². The number of carbonyl (C=O) groups excluding carboxylic acids is 1. The number of halogens is 2. The van der Waals surface area contributed by atoms with Gasteiger partial charge in [-0.2, -0.15) is 4.31 Å². The molecule has 0 aliphatic rings. The molecular weight excluding hydrogens is 335 g/mol. The van der Waals surface area contributed by atoms with Gasteiger partial charge in [0.05, 0.1) is 22.8 Å². The van der Waals surface area contributed by atoms with Crippen LogP contribution in [0, 0.1) is 0 Å². The summed E-state index contributed by atoms with van der Waals surface area (Å²) in [6.07, 6.45) is 1.07. The molecule has 1 rings (SSSR count). The van der Waals surface area contributed by atoms with E-state index >= 15 is 0 Å². The maximum Gasteiger partial charge on any atom is 0.238 e. The summed E-state index contributed by atoms with van der Waals surface area (Å²) in [5.41, 5.74) is 0.835. The van der Waals surface area contributed by atoms with Gasteiger partial charge in [0.15, 0.2) is 0 Å². The molecular formula is C13H18Cl2N2O3S. The second-order valence-electron chi connectivity index (χ2n) is 4.68. The number of amides is 1. The van der Waals surface area contributed by atoms with Crippen molar-refractivity contribution in [3.8, 4) is 0 Å². The Kier molecular flexibility index (Phi) is 6.46. The summed E-state index contributed by atoms with van der Waals surface area (Å²) < 4.78 is 23.7. The predicted molar refractivity (Wildman–Crippen MR) is 85.0 cm³/mol. The first-order chi connectivity index (χ1) is 9.65. The molecule has 0 aliphatic heterocycles.